The van der Waals surface area contributed by atoms with E-state index in [1.165, 1.54) is 16.2 Å². The van der Waals surface area contributed by atoms with Crippen molar-refractivity contribution in [1.82, 2.24) is 15.1 Å². The Kier molecular flexibility index (Phi) is 2.89. The summed E-state index contributed by atoms with van der Waals surface area (Å²) in [5, 5.41) is 9.24. The minimum absolute atomic E-state index is 0.0392. The summed E-state index contributed by atoms with van der Waals surface area (Å²) in [6.45, 7) is 6.16. The summed E-state index contributed by atoms with van der Waals surface area (Å²) in [6.07, 6.45) is 0. The van der Waals surface area contributed by atoms with Gasteiger partial charge in [0.25, 0.3) is 5.91 Å². The fraction of sp³-hybridized carbons (Fsp3) is 0.667. The fourth-order valence-corrected chi connectivity index (χ4v) is 1.73. The minimum atomic E-state index is -0.0852. The molecule has 1 aromatic rings. The molecule has 0 unspecified atom stereocenters. The molecule has 0 N–H and O–H groups in total. The van der Waals surface area contributed by atoms with Gasteiger partial charge in [0.05, 0.1) is 0 Å². The van der Waals surface area contributed by atoms with Crippen molar-refractivity contribution in [3.8, 4) is 0 Å². The third-order valence-corrected chi connectivity index (χ3v) is 2.99. The van der Waals surface area contributed by atoms with E-state index in [9.17, 15) is 4.79 Å². The molecule has 1 rings (SSSR count). The molecule has 0 aliphatic carbocycles. The molecule has 0 saturated carbocycles. The number of aromatic nitrogens is 2. The zero-order chi connectivity index (χ0) is 10.9. The largest absolute Gasteiger partial charge is 0.343 e. The quantitative estimate of drug-likeness (QED) is 0.711. The highest BCUT2D eigenvalue weighted by atomic mass is 32.1. The van der Waals surface area contributed by atoms with E-state index in [1.807, 2.05) is 0 Å². The summed E-state index contributed by atoms with van der Waals surface area (Å²) in [4.78, 5) is 13.0. The van der Waals surface area contributed by atoms with Crippen LogP contribution in [-0.4, -0.2) is 35.1 Å². The first-order valence-corrected chi connectivity index (χ1v) is 5.19. The molecule has 78 valence electrons. The van der Waals surface area contributed by atoms with E-state index in [0.717, 1.165) is 5.01 Å². The maximum atomic E-state index is 11.5. The molecule has 1 aromatic heterocycles. The monoisotopic (exact) mass is 213 g/mol. The van der Waals surface area contributed by atoms with Crippen molar-refractivity contribution in [1.29, 1.82) is 0 Å². The SMILES string of the molecule is CN(C)C(=O)c1nnc(C(C)(C)C)s1. The maximum absolute atomic E-state index is 11.5. The summed E-state index contributed by atoms with van der Waals surface area (Å²) in [5.41, 5.74) is -0.0392. The molecule has 0 aliphatic rings. The molecule has 14 heavy (non-hydrogen) atoms. The van der Waals surface area contributed by atoms with Crippen molar-refractivity contribution in [3.05, 3.63) is 10.0 Å². The van der Waals surface area contributed by atoms with E-state index >= 15 is 0 Å². The Labute approximate surface area is 88.0 Å². The molecule has 4 nitrogen and oxygen atoms in total. The molecule has 1 heterocycles. The van der Waals surface area contributed by atoms with E-state index in [4.69, 9.17) is 0 Å². The lowest BCUT2D eigenvalue weighted by molar-refractivity contribution is 0.0826. The summed E-state index contributed by atoms with van der Waals surface area (Å²) in [6, 6.07) is 0. The van der Waals surface area contributed by atoms with Gasteiger partial charge in [0, 0.05) is 19.5 Å². The van der Waals surface area contributed by atoms with E-state index in [-0.39, 0.29) is 11.3 Å². The second-order valence-corrected chi connectivity index (χ2v) is 5.34. The normalized spacial score (nSPS) is 11.5. The average Bonchev–Trinajstić information content (AvgIpc) is 2.49. The molecule has 0 spiro atoms. The molecule has 0 radical (unpaired) electrons. The van der Waals surface area contributed by atoms with Crippen LogP contribution in [-0.2, 0) is 5.41 Å². The number of carbonyl (C=O) groups excluding carboxylic acids is 1. The molecular formula is C9H15N3OS. The Morgan fingerprint density at radius 2 is 1.86 bits per heavy atom. The lowest BCUT2D eigenvalue weighted by Gasteiger charge is -2.12. The Hall–Kier alpha value is -0.970. The lowest BCUT2D eigenvalue weighted by Crippen LogP contribution is -2.21. The fourth-order valence-electron chi connectivity index (χ4n) is 0.804. The number of carbonyl (C=O) groups is 1. The zero-order valence-corrected chi connectivity index (χ0v) is 9.97. The summed E-state index contributed by atoms with van der Waals surface area (Å²) in [7, 11) is 3.42. The molecule has 0 bridgehead atoms. The maximum Gasteiger partial charge on any atom is 0.284 e. The number of hydrogen-bond donors (Lipinski definition) is 0. The molecule has 5 heteroatoms. The molecule has 0 saturated heterocycles. The van der Waals surface area contributed by atoms with Crippen LogP contribution in [0.5, 0.6) is 0 Å². The Balaban J connectivity index is 2.95. The van der Waals surface area contributed by atoms with Gasteiger partial charge in [-0.15, -0.1) is 10.2 Å². The van der Waals surface area contributed by atoms with Crippen molar-refractivity contribution in [2.45, 2.75) is 26.2 Å². The van der Waals surface area contributed by atoms with Crippen molar-refractivity contribution >= 4 is 17.2 Å². The van der Waals surface area contributed by atoms with E-state index in [1.54, 1.807) is 14.1 Å². The van der Waals surface area contributed by atoms with Gasteiger partial charge in [0.1, 0.15) is 5.01 Å². The lowest BCUT2D eigenvalue weighted by atomic mass is 9.98. The molecular weight excluding hydrogens is 198 g/mol. The van der Waals surface area contributed by atoms with Gasteiger partial charge in [-0.05, 0) is 0 Å². The minimum Gasteiger partial charge on any atom is -0.343 e. The van der Waals surface area contributed by atoms with Gasteiger partial charge in [-0.25, -0.2) is 0 Å². The van der Waals surface area contributed by atoms with Crippen LogP contribution in [0.4, 0.5) is 0 Å². The third kappa shape index (κ3) is 2.29. The van der Waals surface area contributed by atoms with Gasteiger partial charge in [-0.3, -0.25) is 4.79 Å². The van der Waals surface area contributed by atoms with Crippen LogP contribution in [0.1, 0.15) is 35.6 Å². The Morgan fingerprint density at radius 1 is 1.29 bits per heavy atom. The van der Waals surface area contributed by atoms with Crippen LogP contribution in [0, 0.1) is 0 Å². The highest BCUT2D eigenvalue weighted by Gasteiger charge is 2.22. The van der Waals surface area contributed by atoms with Gasteiger partial charge in [-0.1, -0.05) is 32.1 Å². The highest BCUT2D eigenvalue weighted by molar-refractivity contribution is 7.13. The van der Waals surface area contributed by atoms with Crippen LogP contribution in [0.15, 0.2) is 0 Å². The summed E-state index contributed by atoms with van der Waals surface area (Å²) >= 11 is 1.36. The standard InChI is InChI=1S/C9H15N3OS/c1-9(2,3)8-11-10-6(14-8)7(13)12(4)5/h1-5H3. The number of amides is 1. The average molecular weight is 213 g/mol. The van der Waals surface area contributed by atoms with Crippen molar-refractivity contribution in [3.63, 3.8) is 0 Å². The van der Waals surface area contributed by atoms with Crippen LogP contribution >= 0.6 is 11.3 Å². The smallest absolute Gasteiger partial charge is 0.284 e. The van der Waals surface area contributed by atoms with Crippen LogP contribution in [0.2, 0.25) is 0 Å². The first-order valence-electron chi connectivity index (χ1n) is 4.38. The van der Waals surface area contributed by atoms with Crippen molar-refractivity contribution in [2.75, 3.05) is 14.1 Å². The predicted octanol–water partition coefficient (Wildman–Crippen LogP) is 1.54. The predicted molar refractivity (Wildman–Crippen MR) is 56.6 cm³/mol. The van der Waals surface area contributed by atoms with Gasteiger partial charge >= 0.3 is 0 Å². The van der Waals surface area contributed by atoms with Crippen molar-refractivity contribution in [2.24, 2.45) is 0 Å². The number of rotatable bonds is 1. The van der Waals surface area contributed by atoms with Crippen molar-refractivity contribution < 1.29 is 4.79 Å². The first kappa shape index (κ1) is 11.1. The highest BCUT2D eigenvalue weighted by Crippen LogP contribution is 2.25. The van der Waals surface area contributed by atoms with Gasteiger partial charge in [-0.2, -0.15) is 0 Å². The molecule has 0 atom stereocenters. The first-order chi connectivity index (χ1) is 6.32. The van der Waals surface area contributed by atoms with E-state index in [2.05, 4.69) is 31.0 Å². The van der Waals surface area contributed by atoms with Crippen LogP contribution in [0.25, 0.3) is 0 Å². The van der Waals surface area contributed by atoms with Gasteiger partial charge in [0.15, 0.2) is 0 Å². The molecule has 0 aromatic carbocycles. The Morgan fingerprint density at radius 3 is 2.21 bits per heavy atom. The summed E-state index contributed by atoms with van der Waals surface area (Å²) in [5.74, 6) is -0.0852. The molecule has 1 amide bonds. The van der Waals surface area contributed by atoms with Gasteiger partial charge in [0.2, 0.25) is 5.01 Å². The zero-order valence-electron chi connectivity index (χ0n) is 9.16. The number of hydrogen-bond acceptors (Lipinski definition) is 4. The molecule has 0 fully saturated rings. The van der Waals surface area contributed by atoms with Gasteiger partial charge < -0.3 is 4.90 Å². The van der Waals surface area contributed by atoms with E-state index < -0.39 is 0 Å². The molecule has 0 aliphatic heterocycles. The summed E-state index contributed by atoms with van der Waals surface area (Å²) < 4.78 is 0. The second kappa shape index (κ2) is 3.65. The van der Waals surface area contributed by atoms with Crippen LogP contribution in [0.3, 0.4) is 0 Å². The Bertz CT molecular complexity index is 338. The number of nitrogens with zero attached hydrogens (tertiary/aromatic N) is 3. The third-order valence-electron chi connectivity index (χ3n) is 1.66. The van der Waals surface area contributed by atoms with E-state index in [0.29, 0.717) is 5.01 Å². The van der Waals surface area contributed by atoms with Crippen LogP contribution < -0.4 is 0 Å². The second-order valence-electron chi connectivity index (χ2n) is 4.36. The topological polar surface area (TPSA) is 46.1 Å².